The van der Waals surface area contributed by atoms with E-state index in [2.05, 4.69) is 39.5 Å². The van der Waals surface area contributed by atoms with Gasteiger partial charge < -0.3 is 33.2 Å². The molecule has 0 N–H and O–H groups in total. The molecule has 0 aromatic rings. The van der Waals surface area contributed by atoms with Crippen LogP contribution >= 0.6 is 12.6 Å². The standard InChI is InChI=1S/C25H53NO7S/c1-7-26(8-10-27-6)9-11-28-12-13-29-14-15-30-16-17-31-18-19-32-20-21-33-23-25(5,34)22-24(2,3)4/h34H,7-23H2,1-6H3. The summed E-state index contributed by atoms with van der Waals surface area (Å²) >= 11 is 4.72. The van der Waals surface area contributed by atoms with Crippen LogP contribution in [0.3, 0.4) is 0 Å². The summed E-state index contributed by atoms with van der Waals surface area (Å²) in [6, 6.07) is 0. The molecule has 0 fully saturated rings. The number of nitrogens with zero attached hydrogens (tertiary/aromatic N) is 1. The third kappa shape index (κ3) is 25.1. The van der Waals surface area contributed by atoms with Crippen molar-refractivity contribution in [3.8, 4) is 0 Å². The molecule has 0 bridgehead atoms. The van der Waals surface area contributed by atoms with E-state index in [-0.39, 0.29) is 10.2 Å². The first kappa shape index (κ1) is 34.0. The third-order valence-corrected chi connectivity index (χ3v) is 5.08. The lowest BCUT2D eigenvalue weighted by atomic mass is 9.85. The van der Waals surface area contributed by atoms with Crippen LogP contribution in [0.2, 0.25) is 0 Å². The maximum absolute atomic E-state index is 5.70. The number of hydrogen-bond acceptors (Lipinski definition) is 9. The molecule has 0 amide bonds. The first-order valence-corrected chi connectivity index (χ1v) is 13.0. The summed E-state index contributed by atoms with van der Waals surface area (Å²) in [4.78, 5) is 2.30. The van der Waals surface area contributed by atoms with Crippen LogP contribution in [0.25, 0.3) is 0 Å². The molecule has 8 nitrogen and oxygen atoms in total. The highest BCUT2D eigenvalue weighted by Gasteiger charge is 2.26. The summed E-state index contributed by atoms with van der Waals surface area (Å²) < 4.78 is 38.3. The van der Waals surface area contributed by atoms with Crippen molar-refractivity contribution in [2.75, 3.05) is 113 Å². The second kappa shape index (κ2) is 22.2. The number of methoxy groups -OCH3 is 1. The molecule has 9 heteroatoms. The summed E-state index contributed by atoms with van der Waals surface area (Å²) in [5.41, 5.74) is 0.237. The van der Waals surface area contributed by atoms with E-state index >= 15 is 0 Å². The molecule has 0 aromatic carbocycles. The third-order valence-electron chi connectivity index (χ3n) is 4.79. The van der Waals surface area contributed by atoms with Crippen molar-refractivity contribution < 1.29 is 33.2 Å². The van der Waals surface area contributed by atoms with Crippen molar-refractivity contribution in [3.05, 3.63) is 0 Å². The highest BCUT2D eigenvalue weighted by Crippen LogP contribution is 2.31. The van der Waals surface area contributed by atoms with Crippen molar-refractivity contribution in [1.82, 2.24) is 4.90 Å². The topological polar surface area (TPSA) is 67.9 Å². The largest absolute Gasteiger partial charge is 0.383 e. The van der Waals surface area contributed by atoms with Crippen LogP contribution < -0.4 is 0 Å². The van der Waals surface area contributed by atoms with E-state index in [1.165, 1.54) is 0 Å². The fraction of sp³-hybridized carbons (Fsp3) is 1.00. The fourth-order valence-corrected chi connectivity index (χ4v) is 3.99. The Balaban J connectivity index is 3.27. The van der Waals surface area contributed by atoms with Gasteiger partial charge in [0.05, 0.1) is 85.9 Å². The van der Waals surface area contributed by atoms with Gasteiger partial charge in [0.15, 0.2) is 0 Å². The Morgan fingerprint density at radius 3 is 1.35 bits per heavy atom. The van der Waals surface area contributed by atoms with Crippen molar-refractivity contribution >= 4 is 12.6 Å². The SMILES string of the molecule is CCN(CCOC)CCOCCOCCOCCOCCOCCOCC(C)(S)CC(C)(C)C. The molecular weight excluding hydrogens is 458 g/mol. The predicted molar refractivity (Wildman–Crippen MR) is 140 cm³/mol. The highest BCUT2D eigenvalue weighted by atomic mass is 32.1. The van der Waals surface area contributed by atoms with Gasteiger partial charge in [-0.15, -0.1) is 0 Å². The quantitative estimate of drug-likeness (QED) is 0.148. The summed E-state index contributed by atoms with van der Waals surface area (Å²) in [6.07, 6.45) is 0.995. The van der Waals surface area contributed by atoms with Gasteiger partial charge >= 0.3 is 0 Å². The molecule has 0 saturated heterocycles. The van der Waals surface area contributed by atoms with E-state index < -0.39 is 0 Å². The molecule has 0 rings (SSSR count). The summed E-state index contributed by atoms with van der Waals surface area (Å²) in [5, 5.41) is 0. The molecule has 1 atom stereocenters. The van der Waals surface area contributed by atoms with Gasteiger partial charge in [0.2, 0.25) is 0 Å². The smallest absolute Gasteiger partial charge is 0.0701 e. The minimum absolute atomic E-state index is 0.124. The van der Waals surface area contributed by atoms with Crippen molar-refractivity contribution in [1.29, 1.82) is 0 Å². The van der Waals surface area contributed by atoms with E-state index in [0.717, 1.165) is 32.7 Å². The van der Waals surface area contributed by atoms with Crippen molar-refractivity contribution in [2.24, 2.45) is 5.41 Å². The summed E-state index contributed by atoms with van der Waals surface area (Å²) in [6.45, 7) is 21.4. The minimum Gasteiger partial charge on any atom is -0.383 e. The second-order valence-electron chi connectivity index (χ2n) is 9.78. The van der Waals surface area contributed by atoms with Crippen LogP contribution in [-0.2, 0) is 33.2 Å². The molecule has 0 aliphatic heterocycles. The highest BCUT2D eigenvalue weighted by molar-refractivity contribution is 7.81. The average molecular weight is 512 g/mol. The summed E-state index contributed by atoms with van der Waals surface area (Å²) in [7, 11) is 1.72. The molecule has 0 aliphatic rings. The van der Waals surface area contributed by atoms with Crippen LogP contribution in [-0.4, -0.2) is 122 Å². The van der Waals surface area contributed by atoms with Crippen molar-refractivity contribution in [2.45, 2.75) is 45.8 Å². The Morgan fingerprint density at radius 1 is 0.588 bits per heavy atom. The van der Waals surface area contributed by atoms with Crippen LogP contribution in [0.1, 0.15) is 41.0 Å². The monoisotopic (exact) mass is 511 g/mol. The van der Waals surface area contributed by atoms with Crippen LogP contribution in [0.15, 0.2) is 0 Å². The number of ether oxygens (including phenoxy) is 7. The fourth-order valence-electron chi connectivity index (χ4n) is 3.43. The molecule has 0 aromatic heterocycles. The Hall–Kier alpha value is 0.0300. The zero-order valence-corrected chi connectivity index (χ0v) is 23.7. The lowest BCUT2D eigenvalue weighted by molar-refractivity contribution is -0.0187. The maximum atomic E-state index is 5.70. The average Bonchev–Trinajstić information content (AvgIpc) is 2.75. The van der Waals surface area contributed by atoms with Crippen LogP contribution in [0, 0.1) is 5.41 Å². The number of likely N-dealkylation sites (N-methyl/N-ethyl adjacent to an activating group) is 1. The zero-order chi connectivity index (χ0) is 25.5. The molecule has 0 radical (unpaired) electrons. The molecule has 0 saturated carbocycles. The molecule has 0 aliphatic carbocycles. The first-order chi connectivity index (χ1) is 16.2. The molecule has 206 valence electrons. The van der Waals surface area contributed by atoms with Crippen molar-refractivity contribution in [3.63, 3.8) is 0 Å². The number of hydrogen-bond donors (Lipinski definition) is 1. The van der Waals surface area contributed by atoms with Gasteiger partial charge in [0, 0.05) is 24.9 Å². The Morgan fingerprint density at radius 2 is 0.971 bits per heavy atom. The van der Waals surface area contributed by atoms with E-state index in [9.17, 15) is 0 Å². The maximum Gasteiger partial charge on any atom is 0.0701 e. The van der Waals surface area contributed by atoms with Gasteiger partial charge in [-0.05, 0) is 25.3 Å². The van der Waals surface area contributed by atoms with Crippen LogP contribution in [0.5, 0.6) is 0 Å². The molecule has 0 spiro atoms. The first-order valence-electron chi connectivity index (χ1n) is 12.6. The molecule has 1 unspecified atom stereocenters. The van der Waals surface area contributed by atoms with E-state index in [0.29, 0.717) is 79.3 Å². The minimum atomic E-state index is -0.124. The van der Waals surface area contributed by atoms with Gasteiger partial charge in [-0.3, -0.25) is 4.90 Å². The molecule has 0 heterocycles. The van der Waals surface area contributed by atoms with E-state index in [1.54, 1.807) is 7.11 Å². The van der Waals surface area contributed by atoms with E-state index in [4.69, 9.17) is 45.8 Å². The Labute approximate surface area is 214 Å². The molecular formula is C25H53NO7S. The molecule has 34 heavy (non-hydrogen) atoms. The Bertz CT molecular complexity index is 436. The van der Waals surface area contributed by atoms with E-state index in [1.807, 2.05) is 0 Å². The summed E-state index contributed by atoms with van der Waals surface area (Å²) in [5.74, 6) is 0. The Kier molecular flexibility index (Phi) is 22.3. The number of thiol groups is 1. The lowest BCUT2D eigenvalue weighted by Gasteiger charge is -2.31. The lowest BCUT2D eigenvalue weighted by Crippen LogP contribution is -2.30. The second-order valence-corrected chi connectivity index (χ2v) is 10.9. The van der Waals surface area contributed by atoms with Gasteiger partial charge in [-0.25, -0.2) is 0 Å². The predicted octanol–water partition coefficient (Wildman–Crippen LogP) is 3.18. The van der Waals surface area contributed by atoms with Gasteiger partial charge in [-0.1, -0.05) is 27.7 Å². The zero-order valence-electron chi connectivity index (χ0n) is 22.8. The van der Waals surface area contributed by atoms with Gasteiger partial charge in [-0.2, -0.15) is 12.6 Å². The number of rotatable bonds is 25. The van der Waals surface area contributed by atoms with Gasteiger partial charge in [0.25, 0.3) is 0 Å². The van der Waals surface area contributed by atoms with Gasteiger partial charge in [0.1, 0.15) is 0 Å². The van der Waals surface area contributed by atoms with Crippen LogP contribution in [0.4, 0.5) is 0 Å². The normalized spacial score (nSPS) is 14.1.